The number of carbonyl (C=O) groups is 2. The quantitative estimate of drug-likeness (QED) is 0.627. The van der Waals surface area contributed by atoms with Gasteiger partial charge in [0.25, 0.3) is 11.8 Å². The van der Waals surface area contributed by atoms with Crippen molar-refractivity contribution in [3.63, 3.8) is 0 Å². The molecule has 0 aliphatic rings. The number of pyridine rings is 1. The smallest absolute Gasteiger partial charge is 0.253 e. The van der Waals surface area contributed by atoms with Crippen LogP contribution in [0, 0.1) is 0 Å². The standard InChI is InChI=1S/C17H16N4O2/c22-16(12-5-7-18-8-6-12)19-9-10-20-17(23)14-11-21-15-4-2-1-3-13(14)15/h1-8,11,21H,9-10H2,(H,19,22)(H,20,23). The molecule has 1 aromatic carbocycles. The van der Waals surface area contributed by atoms with Gasteiger partial charge in [-0.2, -0.15) is 0 Å². The van der Waals surface area contributed by atoms with Gasteiger partial charge in [0.2, 0.25) is 0 Å². The van der Waals surface area contributed by atoms with Crippen LogP contribution in [0.2, 0.25) is 0 Å². The molecule has 3 N–H and O–H groups in total. The summed E-state index contributed by atoms with van der Waals surface area (Å²) < 4.78 is 0. The summed E-state index contributed by atoms with van der Waals surface area (Å²) >= 11 is 0. The number of H-pyrrole nitrogens is 1. The van der Waals surface area contributed by atoms with E-state index in [4.69, 9.17) is 0 Å². The fourth-order valence-corrected chi connectivity index (χ4v) is 2.31. The zero-order chi connectivity index (χ0) is 16.1. The summed E-state index contributed by atoms with van der Waals surface area (Å²) in [7, 11) is 0. The summed E-state index contributed by atoms with van der Waals surface area (Å²) in [5.41, 5.74) is 2.06. The van der Waals surface area contributed by atoms with Gasteiger partial charge in [0.05, 0.1) is 5.56 Å². The molecule has 6 heteroatoms. The van der Waals surface area contributed by atoms with E-state index in [2.05, 4.69) is 20.6 Å². The lowest BCUT2D eigenvalue weighted by Crippen LogP contribution is -2.34. The van der Waals surface area contributed by atoms with Crippen molar-refractivity contribution in [2.75, 3.05) is 13.1 Å². The lowest BCUT2D eigenvalue weighted by atomic mass is 10.1. The normalized spacial score (nSPS) is 10.4. The van der Waals surface area contributed by atoms with E-state index in [1.54, 1.807) is 30.7 Å². The Morgan fingerprint density at radius 1 is 0.957 bits per heavy atom. The molecule has 3 rings (SSSR count). The number of nitrogens with zero attached hydrogens (tertiary/aromatic N) is 1. The number of aromatic amines is 1. The van der Waals surface area contributed by atoms with Gasteiger partial charge in [-0.1, -0.05) is 18.2 Å². The number of hydrogen-bond donors (Lipinski definition) is 3. The molecule has 3 aromatic rings. The molecule has 0 fully saturated rings. The first-order chi connectivity index (χ1) is 11.3. The molecule has 0 saturated carbocycles. The van der Waals surface area contributed by atoms with Crippen molar-refractivity contribution >= 4 is 22.7 Å². The van der Waals surface area contributed by atoms with Crippen LogP contribution in [0.3, 0.4) is 0 Å². The van der Waals surface area contributed by atoms with Crippen LogP contribution in [-0.2, 0) is 0 Å². The molecule has 0 aliphatic heterocycles. The molecule has 6 nitrogen and oxygen atoms in total. The van der Waals surface area contributed by atoms with Crippen molar-refractivity contribution in [1.29, 1.82) is 0 Å². The van der Waals surface area contributed by atoms with Gasteiger partial charge in [-0.15, -0.1) is 0 Å². The number of amides is 2. The summed E-state index contributed by atoms with van der Waals surface area (Å²) in [4.78, 5) is 30.9. The first kappa shape index (κ1) is 14.8. The summed E-state index contributed by atoms with van der Waals surface area (Å²) in [6.07, 6.45) is 4.82. The Kier molecular flexibility index (Phi) is 4.33. The summed E-state index contributed by atoms with van der Waals surface area (Å²) in [5.74, 6) is -0.352. The molecule has 2 amide bonds. The Morgan fingerprint density at radius 3 is 2.43 bits per heavy atom. The molecule has 0 unspecified atom stereocenters. The Balaban J connectivity index is 1.51. The van der Waals surface area contributed by atoms with E-state index in [0.717, 1.165) is 10.9 Å². The van der Waals surface area contributed by atoms with Crippen LogP contribution in [0.4, 0.5) is 0 Å². The number of rotatable bonds is 5. The average Bonchev–Trinajstić information content (AvgIpc) is 3.03. The molecule has 0 aliphatic carbocycles. The highest BCUT2D eigenvalue weighted by Gasteiger charge is 2.11. The first-order valence-corrected chi connectivity index (χ1v) is 7.28. The van der Waals surface area contributed by atoms with Crippen LogP contribution in [0.5, 0.6) is 0 Å². The van der Waals surface area contributed by atoms with Gasteiger partial charge in [0, 0.05) is 48.1 Å². The van der Waals surface area contributed by atoms with Gasteiger partial charge in [-0.3, -0.25) is 14.6 Å². The third kappa shape index (κ3) is 3.37. The van der Waals surface area contributed by atoms with E-state index in [9.17, 15) is 9.59 Å². The molecule has 0 radical (unpaired) electrons. The van der Waals surface area contributed by atoms with Gasteiger partial charge >= 0.3 is 0 Å². The number of nitrogens with one attached hydrogen (secondary N) is 3. The van der Waals surface area contributed by atoms with Crippen LogP contribution < -0.4 is 10.6 Å². The molecular formula is C17H16N4O2. The molecule has 116 valence electrons. The predicted octanol–water partition coefficient (Wildman–Crippen LogP) is 1.72. The molecular weight excluding hydrogens is 292 g/mol. The maximum Gasteiger partial charge on any atom is 0.253 e. The number of carbonyl (C=O) groups excluding carboxylic acids is 2. The van der Waals surface area contributed by atoms with Gasteiger partial charge in [0.15, 0.2) is 0 Å². The van der Waals surface area contributed by atoms with Crippen LogP contribution in [-0.4, -0.2) is 34.9 Å². The van der Waals surface area contributed by atoms with Gasteiger partial charge in [-0.25, -0.2) is 0 Å². The number of fused-ring (bicyclic) bond motifs is 1. The molecule has 2 heterocycles. The van der Waals surface area contributed by atoms with E-state index in [0.29, 0.717) is 24.2 Å². The van der Waals surface area contributed by atoms with Crippen molar-refractivity contribution < 1.29 is 9.59 Å². The van der Waals surface area contributed by atoms with Crippen molar-refractivity contribution in [2.24, 2.45) is 0 Å². The van der Waals surface area contributed by atoms with E-state index in [-0.39, 0.29) is 11.8 Å². The second-order valence-corrected chi connectivity index (χ2v) is 5.00. The Labute approximate surface area is 132 Å². The molecule has 2 aromatic heterocycles. The van der Waals surface area contributed by atoms with E-state index in [1.807, 2.05) is 24.3 Å². The van der Waals surface area contributed by atoms with Crippen LogP contribution in [0.1, 0.15) is 20.7 Å². The molecule has 0 saturated heterocycles. The van der Waals surface area contributed by atoms with E-state index >= 15 is 0 Å². The summed E-state index contributed by atoms with van der Waals surface area (Å²) in [6.45, 7) is 0.713. The van der Waals surface area contributed by atoms with Crippen molar-refractivity contribution in [3.8, 4) is 0 Å². The molecule has 0 atom stereocenters. The monoisotopic (exact) mass is 308 g/mol. The highest BCUT2D eigenvalue weighted by atomic mass is 16.2. The Morgan fingerprint density at radius 2 is 1.65 bits per heavy atom. The second kappa shape index (κ2) is 6.74. The van der Waals surface area contributed by atoms with Gasteiger partial charge < -0.3 is 15.6 Å². The highest BCUT2D eigenvalue weighted by Crippen LogP contribution is 2.17. The zero-order valence-corrected chi connectivity index (χ0v) is 12.4. The lowest BCUT2D eigenvalue weighted by molar-refractivity contribution is 0.0928. The van der Waals surface area contributed by atoms with Gasteiger partial charge in [-0.05, 0) is 18.2 Å². The minimum atomic E-state index is -0.186. The number of benzene rings is 1. The van der Waals surface area contributed by atoms with E-state index in [1.165, 1.54) is 0 Å². The lowest BCUT2D eigenvalue weighted by Gasteiger charge is -2.06. The number of para-hydroxylation sites is 1. The zero-order valence-electron chi connectivity index (χ0n) is 12.4. The fraction of sp³-hybridized carbons (Fsp3) is 0.118. The highest BCUT2D eigenvalue weighted by molar-refractivity contribution is 6.06. The minimum Gasteiger partial charge on any atom is -0.360 e. The number of aromatic nitrogens is 2. The van der Waals surface area contributed by atoms with Crippen molar-refractivity contribution in [3.05, 3.63) is 66.1 Å². The van der Waals surface area contributed by atoms with Crippen LogP contribution in [0.25, 0.3) is 10.9 Å². The van der Waals surface area contributed by atoms with Crippen molar-refractivity contribution in [1.82, 2.24) is 20.6 Å². The Hall–Kier alpha value is -3.15. The topological polar surface area (TPSA) is 86.9 Å². The van der Waals surface area contributed by atoms with E-state index < -0.39 is 0 Å². The maximum absolute atomic E-state index is 12.2. The molecule has 23 heavy (non-hydrogen) atoms. The second-order valence-electron chi connectivity index (χ2n) is 5.00. The third-order valence-corrected chi connectivity index (χ3v) is 3.47. The number of hydrogen-bond acceptors (Lipinski definition) is 3. The minimum absolute atomic E-state index is 0.166. The van der Waals surface area contributed by atoms with Crippen LogP contribution in [0.15, 0.2) is 55.0 Å². The average molecular weight is 308 g/mol. The summed E-state index contributed by atoms with van der Waals surface area (Å²) in [5, 5.41) is 6.43. The fourth-order valence-electron chi connectivity index (χ4n) is 2.31. The third-order valence-electron chi connectivity index (χ3n) is 3.47. The summed E-state index contributed by atoms with van der Waals surface area (Å²) in [6, 6.07) is 10.9. The maximum atomic E-state index is 12.2. The first-order valence-electron chi connectivity index (χ1n) is 7.28. The molecule has 0 bridgehead atoms. The molecule has 0 spiro atoms. The SMILES string of the molecule is O=C(NCCNC(=O)c1c[nH]c2ccccc12)c1ccncc1. The van der Waals surface area contributed by atoms with Gasteiger partial charge in [0.1, 0.15) is 0 Å². The largest absolute Gasteiger partial charge is 0.360 e. The predicted molar refractivity (Wildman–Crippen MR) is 87.2 cm³/mol. The van der Waals surface area contributed by atoms with Crippen molar-refractivity contribution in [2.45, 2.75) is 0 Å². The van der Waals surface area contributed by atoms with Crippen LogP contribution >= 0.6 is 0 Å². The Bertz CT molecular complexity index is 827.